The standard InChI is InChI=1S/C15H19N3O2/c1-3-7-12(2)15(19)18-14-13(8-6-10-17-14)20-11-5-4-9-16/h6-8,10H,3-5,11H2,1-2H3,(H,17,18,19)/b12-7-. The zero-order chi connectivity index (χ0) is 14.8. The normalized spacial score (nSPS) is 10.8. The Kier molecular flexibility index (Phi) is 6.83. The van der Waals surface area contributed by atoms with E-state index in [-0.39, 0.29) is 5.91 Å². The fourth-order valence-corrected chi connectivity index (χ4v) is 1.54. The van der Waals surface area contributed by atoms with Crippen LogP contribution in [0.1, 0.15) is 33.1 Å². The van der Waals surface area contributed by atoms with Crippen LogP contribution in [0.2, 0.25) is 0 Å². The van der Waals surface area contributed by atoms with Crippen molar-refractivity contribution in [2.75, 3.05) is 11.9 Å². The van der Waals surface area contributed by atoms with Crippen LogP contribution in [-0.4, -0.2) is 17.5 Å². The highest BCUT2D eigenvalue weighted by Gasteiger charge is 2.10. The van der Waals surface area contributed by atoms with Crippen molar-refractivity contribution in [3.63, 3.8) is 0 Å². The van der Waals surface area contributed by atoms with E-state index in [1.807, 2.05) is 13.0 Å². The molecule has 0 saturated carbocycles. The molecule has 1 N–H and O–H groups in total. The van der Waals surface area contributed by atoms with Gasteiger partial charge in [0.25, 0.3) is 5.91 Å². The molecule has 0 aliphatic carbocycles. The SMILES string of the molecule is CC/C=C(/C)C(=O)Nc1ncccc1OCCCC#N. The summed E-state index contributed by atoms with van der Waals surface area (Å²) in [5, 5.41) is 11.2. The molecule has 1 aromatic heterocycles. The van der Waals surface area contributed by atoms with Crippen LogP contribution >= 0.6 is 0 Å². The summed E-state index contributed by atoms with van der Waals surface area (Å²) in [6, 6.07) is 5.54. The number of hydrogen-bond donors (Lipinski definition) is 1. The summed E-state index contributed by atoms with van der Waals surface area (Å²) in [7, 11) is 0. The molecule has 1 rings (SSSR count). The fourth-order valence-electron chi connectivity index (χ4n) is 1.54. The van der Waals surface area contributed by atoms with Gasteiger partial charge in [0.1, 0.15) is 0 Å². The van der Waals surface area contributed by atoms with Crippen molar-refractivity contribution in [2.45, 2.75) is 33.1 Å². The van der Waals surface area contributed by atoms with E-state index in [0.29, 0.717) is 36.6 Å². The molecular formula is C15H19N3O2. The number of carbonyl (C=O) groups is 1. The molecule has 5 nitrogen and oxygen atoms in total. The summed E-state index contributed by atoms with van der Waals surface area (Å²) in [4.78, 5) is 16.0. The first kappa shape index (κ1) is 15.7. The van der Waals surface area contributed by atoms with Crippen molar-refractivity contribution in [1.82, 2.24) is 4.98 Å². The lowest BCUT2D eigenvalue weighted by molar-refractivity contribution is -0.112. The van der Waals surface area contributed by atoms with Gasteiger partial charge >= 0.3 is 0 Å². The highest BCUT2D eigenvalue weighted by molar-refractivity contribution is 6.03. The van der Waals surface area contributed by atoms with Crippen LogP contribution < -0.4 is 10.1 Å². The first-order valence-corrected chi connectivity index (χ1v) is 6.62. The van der Waals surface area contributed by atoms with Gasteiger partial charge in [-0.05, 0) is 31.9 Å². The van der Waals surface area contributed by atoms with Gasteiger partial charge in [0.05, 0.1) is 12.7 Å². The topological polar surface area (TPSA) is 75.0 Å². The number of nitrogens with zero attached hydrogens (tertiary/aromatic N) is 2. The Labute approximate surface area is 119 Å². The van der Waals surface area contributed by atoms with Crippen molar-refractivity contribution >= 4 is 11.7 Å². The summed E-state index contributed by atoms with van der Waals surface area (Å²) in [5.74, 6) is 0.730. The predicted octanol–water partition coefficient (Wildman–Crippen LogP) is 3.06. The van der Waals surface area contributed by atoms with Gasteiger partial charge in [-0.25, -0.2) is 4.98 Å². The third-order valence-corrected chi connectivity index (χ3v) is 2.56. The summed E-state index contributed by atoms with van der Waals surface area (Å²) in [5.41, 5.74) is 0.647. The van der Waals surface area contributed by atoms with Gasteiger partial charge in [-0.3, -0.25) is 4.79 Å². The summed E-state index contributed by atoms with van der Waals surface area (Å²) < 4.78 is 5.53. The van der Waals surface area contributed by atoms with Crippen molar-refractivity contribution in [1.29, 1.82) is 5.26 Å². The molecule has 1 amide bonds. The number of rotatable bonds is 7. The number of nitrogens with one attached hydrogen (secondary N) is 1. The second-order valence-corrected chi connectivity index (χ2v) is 4.21. The minimum Gasteiger partial charge on any atom is -0.490 e. The lowest BCUT2D eigenvalue weighted by atomic mass is 10.2. The first-order chi connectivity index (χ1) is 9.69. The van der Waals surface area contributed by atoms with E-state index in [0.717, 1.165) is 6.42 Å². The number of amides is 1. The minimum atomic E-state index is -0.188. The number of aromatic nitrogens is 1. The van der Waals surface area contributed by atoms with E-state index in [1.165, 1.54) is 0 Å². The van der Waals surface area contributed by atoms with Gasteiger partial charge in [0, 0.05) is 18.2 Å². The van der Waals surface area contributed by atoms with E-state index in [9.17, 15) is 4.79 Å². The van der Waals surface area contributed by atoms with E-state index in [2.05, 4.69) is 16.4 Å². The molecule has 0 fully saturated rings. The Morgan fingerprint density at radius 1 is 1.60 bits per heavy atom. The number of nitriles is 1. The molecule has 106 valence electrons. The lowest BCUT2D eigenvalue weighted by Gasteiger charge is -2.11. The van der Waals surface area contributed by atoms with Gasteiger partial charge in [-0.2, -0.15) is 5.26 Å². The maximum Gasteiger partial charge on any atom is 0.252 e. The summed E-state index contributed by atoms with van der Waals surface area (Å²) in [6.07, 6.45) is 5.34. The minimum absolute atomic E-state index is 0.188. The number of unbranched alkanes of at least 4 members (excludes halogenated alkanes) is 1. The molecular weight excluding hydrogens is 254 g/mol. The van der Waals surface area contributed by atoms with Gasteiger partial charge in [0.15, 0.2) is 11.6 Å². The highest BCUT2D eigenvalue weighted by atomic mass is 16.5. The quantitative estimate of drug-likeness (QED) is 0.612. The number of anilines is 1. The summed E-state index contributed by atoms with van der Waals surface area (Å²) in [6.45, 7) is 4.16. The van der Waals surface area contributed by atoms with Crippen LogP contribution in [0.5, 0.6) is 5.75 Å². The van der Waals surface area contributed by atoms with Crippen LogP contribution in [0, 0.1) is 11.3 Å². The fraction of sp³-hybridized carbons (Fsp3) is 0.400. The van der Waals surface area contributed by atoms with Crippen LogP contribution in [0.25, 0.3) is 0 Å². The molecule has 1 heterocycles. The third-order valence-electron chi connectivity index (χ3n) is 2.56. The van der Waals surface area contributed by atoms with Crippen LogP contribution in [-0.2, 0) is 4.79 Å². The van der Waals surface area contributed by atoms with Crippen molar-refractivity contribution in [2.24, 2.45) is 0 Å². The zero-order valence-electron chi connectivity index (χ0n) is 11.8. The van der Waals surface area contributed by atoms with E-state index in [1.54, 1.807) is 25.3 Å². The average molecular weight is 273 g/mol. The Morgan fingerprint density at radius 3 is 3.10 bits per heavy atom. The number of carbonyl (C=O) groups excluding carboxylic acids is 1. The van der Waals surface area contributed by atoms with Gasteiger partial charge in [-0.15, -0.1) is 0 Å². The maximum absolute atomic E-state index is 11.9. The Hall–Kier alpha value is -2.35. The first-order valence-electron chi connectivity index (χ1n) is 6.62. The monoisotopic (exact) mass is 273 g/mol. The third kappa shape index (κ3) is 5.11. The van der Waals surface area contributed by atoms with Crippen LogP contribution in [0.4, 0.5) is 5.82 Å². The summed E-state index contributed by atoms with van der Waals surface area (Å²) >= 11 is 0. The van der Waals surface area contributed by atoms with Crippen molar-refractivity contribution < 1.29 is 9.53 Å². The second kappa shape index (κ2) is 8.70. The smallest absolute Gasteiger partial charge is 0.252 e. The number of pyridine rings is 1. The van der Waals surface area contributed by atoms with Crippen molar-refractivity contribution in [3.05, 3.63) is 30.0 Å². The highest BCUT2D eigenvalue weighted by Crippen LogP contribution is 2.21. The largest absolute Gasteiger partial charge is 0.490 e. The molecule has 20 heavy (non-hydrogen) atoms. The van der Waals surface area contributed by atoms with Gasteiger partial charge in [-0.1, -0.05) is 13.0 Å². The van der Waals surface area contributed by atoms with Crippen LogP contribution in [0.3, 0.4) is 0 Å². The maximum atomic E-state index is 11.9. The van der Waals surface area contributed by atoms with Gasteiger partial charge < -0.3 is 10.1 Å². The lowest BCUT2D eigenvalue weighted by Crippen LogP contribution is -2.15. The van der Waals surface area contributed by atoms with E-state index < -0.39 is 0 Å². The number of hydrogen-bond acceptors (Lipinski definition) is 4. The molecule has 0 saturated heterocycles. The van der Waals surface area contributed by atoms with Crippen LogP contribution in [0.15, 0.2) is 30.0 Å². The second-order valence-electron chi connectivity index (χ2n) is 4.21. The Morgan fingerprint density at radius 2 is 2.40 bits per heavy atom. The Balaban J connectivity index is 2.68. The number of ether oxygens (including phenoxy) is 1. The van der Waals surface area contributed by atoms with Crippen molar-refractivity contribution in [3.8, 4) is 11.8 Å². The number of allylic oxidation sites excluding steroid dienone is 1. The molecule has 0 aliphatic heterocycles. The average Bonchev–Trinajstić information content (AvgIpc) is 2.45. The molecule has 1 aromatic rings. The molecule has 0 spiro atoms. The molecule has 0 atom stereocenters. The molecule has 0 radical (unpaired) electrons. The molecule has 0 aliphatic rings. The molecule has 0 unspecified atom stereocenters. The Bertz CT molecular complexity index is 518. The van der Waals surface area contributed by atoms with E-state index in [4.69, 9.17) is 10.00 Å². The zero-order valence-corrected chi connectivity index (χ0v) is 11.8. The molecule has 0 bridgehead atoms. The van der Waals surface area contributed by atoms with Gasteiger partial charge in [0.2, 0.25) is 0 Å². The molecule has 0 aromatic carbocycles. The van der Waals surface area contributed by atoms with E-state index >= 15 is 0 Å². The predicted molar refractivity (Wildman–Crippen MR) is 77.3 cm³/mol. The molecule has 5 heteroatoms.